The molecule has 2 aromatic carbocycles. The van der Waals surface area contributed by atoms with Crippen LogP contribution < -0.4 is 9.47 Å². The molecule has 2 aromatic rings. The molecule has 1 aliphatic rings. The number of carbonyl (C=O) groups is 2. The molecule has 0 saturated carbocycles. The standard InChI is InChI=1S/C22H16BrCl2NO4S/c1-3-7-26-21(27)20(31-22(26)28)9-14-8-18(29-4-2)19(11-16(14)23)30-12-13-5-6-15(24)10-17(13)25/h1,5-6,8-11H,4,7,12H2,2H3/b20-9+. The van der Waals surface area contributed by atoms with Gasteiger partial charge in [-0.2, -0.15) is 0 Å². The van der Waals surface area contributed by atoms with Gasteiger partial charge in [0.05, 0.1) is 18.1 Å². The maximum absolute atomic E-state index is 12.4. The van der Waals surface area contributed by atoms with Crippen molar-refractivity contribution in [3.05, 3.63) is 60.9 Å². The Kier molecular flexibility index (Phi) is 7.95. The van der Waals surface area contributed by atoms with Crippen molar-refractivity contribution in [2.45, 2.75) is 13.5 Å². The number of rotatable bonds is 7. The van der Waals surface area contributed by atoms with Gasteiger partial charge in [0, 0.05) is 20.1 Å². The SMILES string of the molecule is C#CCN1C(=O)S/C(=C/c2cc(OCC)c(OCc3ccc(Cl)cc3Cl)cc2Br)C1=O. The van der Waals surface area contributed by atoms with E-state index in [0.29, 0.717) is 38.2 Å². The normalized spacial score (nSPS) is 14.8. The average molecular weight is 541 g/mol. The zero-order valence-corrected chi connectivity index (χ0v) is 20.2. The molecule has 0 unspecified atom stereocenters. The van der Waals surface area contributed by atoms with Crippen molar-refractivity contribution in [3.8, 4) is 23.8 Å². The van der Waals surface area contributed by atoms with Gasteiger partial charge in [0.2, 0.25) is 0 Å². The van der Waals surface area contributed by atoms with Crippen molar-refractivity contribution in [2.24, 2.45) is 0 Å². The molecule has 0 radical (unpaired) electrons. The number of imide groups is 1. The van der Waals surface area contributed by atoms with Gasteiger partial charge in [0.25, 0.3) is 11.1 Å². The van der Waals surface area contributed by atoms with Crippen molar-refractivity contribution in [2.75, 3.05) is 13.2 Å². The lowest BCUT2D eigenvalue weighted by Gasteiger charge is -2.15. The van der Waals surface area contributed by atoms with Gasteiger partial charge in [-0.1, -0.05) is 51.1 Å². The molecule has 1 aliphatic heterocycles. The summed E-state index contributed by atoms with van der Waals surface area (Å²) >= 11 is 16.5. The molecule has 3 rings (SSSR count). The van der Waals surface area contributed by atoms with Crippen LogP contribution in [0.5, 0.6) is 11.5 Å². The molecule has 9 heteroatoms. The Morgan fingerprint density at radius 3 is 2.61 bits per heavy atom. The van der Waals surface area contributed by atoms with E-state index in [1.807, 2.05) is 6.92 Å². The molecular formula is C22H16BrCl2NO4S. The first-order chi connectivity index (χ1) is 14.8. The number of carbonyl (C=O) groups excluding carboxylic acids is 2. The van der Waals surface area contributed by atoms with Crippen LogP contribution >= 0.6 is 50.9 Å². The van der Waals surface area contributed by atoms with Crippen LogP contribution in [0.2, 0.25) is 10.0 Å². The smallest absolute Gasteiger partial charge is 0.294 e. The number of terminal acetylenes is 1. The monoisotopic (exact) mass is 539 g/mol. The number of ether oxygens (including phenoxy) is 2. The van der Waals surface area contributed by atoms with E-state index in [4.69, 9.17) is 39.1 Å². The fourth-order valence-electron chi connectivity index (χ4n) is 2.71. The number of benzene rings is 2. The predicted octanol–water partition coefficient (Wildman–Crippen LogP) is 6.40. The van der Waals surface area contributed by atoms with E-state index < -0.39 is 11.1 Å². The molecule has 0 N–H and O–H groups in total. The first kappa shape index (κ1) is 23.6. The minimum Gasteiger partial charge on any atom is -0.490 e. The van der Waals surface area contributed by atoms with Gasteiger partial charge in [-0.05, 0) is 54.6 Å². The second kappa shape index (κ2) is 10.5. The fourth-order valence-corrected chi connectivity index (χ4v) is 4.43. The fraction of sp³-hybridized carbons (Fsp3) is 0.182. The van der Waals surface area contributed by atoms with E-state index in [1.165, 1.54) is 0 Å². The molecule has 0 spiro atoms. The Bertz CT molecular complexity index is 1110. The summed E-state index contributed by atoms with van der Waals surface area (Å²) in [7, 11) is 0. The van der Waals surface area contributed by atoms with Crippen LogP contribution in [-0.2, 0) is 11.4 Å². The Morgan fingerprint density at radius 2 is 1.94 bits per heavy atom. The van der Waals surface area contributed by atoms with E-state index in [0.717, 1.165) is 22.2 Å². The molecule has 5 nitrogen and oxygen atoms in total. The topological polar surface area (TPSA) is 55.8 Å². The average Bonchev–Trinajstić information content (AvgIpc) is 2.98. The Balaban J connectivity index is 1.87. The van der Waals surface area contributed by atoms with Gasteiger partial charge in [-0.15, -0.1) is 6.42 Å². The van der Waals surface area contributed by atoms with Crippen LogP contribution in [0.25, 0.3) is 6.08 Å². The Morgan fingerprint density at radius 1 is 1.19 bits per heavy atom. The third-order valence-corrected chi connectivity index (χ3v) is 6.35. The molecule has 160 valence electrons. The number of halogens is 3. The summed E-state index contributed by atoms with van der Waals surface area (Å²) in [5, 5.41) is 0.654. The second-order valence-electron chi connectivity index (χ2n) is 6.25. The van der Waals surface area contributed by atoms with Gasteiger partial charge in [-0.25, -0.2) is 0 Å². The number of hydrogen-bond donors (Lipinski definition) is 0. The van der Waals surface area contributed by atoms with Crippen LogP contribution in [0.1, 0.15) is 18.1 Å². The molecular weight excluding hydrogens is 525 g/mol. The highest BCUT2D eigenvalue weighted by molar-refractivity contribution is 9.10. The van der Waals surface area contributed by atoms with E-state index in [9.17, 15) is 9.59 Å². The van der Waals surface area contributed by atoms with Gasteiger partial charge >= 0.3 is 0 Å². The van der Waals surface area contributed by atoms with Crippen molar-refractivity contribution < 1.29 is 19.1 Å². The molecule has 2 amide bonds. The van der Waals surface area contributed by atoms with Gasteiger partial charge < -0.3 is 9.47 Å². The Hall–Kier alpha value is -2.11. The first-order valence-electron chi connectivity index (χ1n) is 9.06. The molecule has 1 heterocycles. The van der Waals surface area contributed by atoms with Crippen LogP contribution in [0.15, 0.2) is 39.7 Å². The van der Waals surface area contributed by atoms with Gasteiger partial charge in [-0.3, -0.25) is 14.5 Å². The lowest BCUT2D eigenvalue weighted by molar-refractivity contribution is -0.122. The molecule has 1 fully saturated rings. The van der Waals surface area contributed by atoms with E-state index in [1.54, 1.807) is 36.4 Å². The third-order valence-electron chi connectivity index (χ3n) is 4.17. The zero-order valence-electron chi connectivity index (χ0n) is 16.3. The highest BCUT2D eigenvalue weighted by atomic mass is 79.9. The quantitative estimate of drug-likeness (QED) is 0.300. The molecule has 31 heavy (non-hydrogen) atoms. The summed E-state index contributed by atoms with van der Waals surface area (Å²) in [5.41, 5.74) is 1.43. The minimum absolute atomic E-state index is 0.0621. The van der Waals surface area contributed by atoms with E-state index in [-0.39, 0.29) is 18.1 Å². The van der Waals surface area contributed by atoms with Crippen LogP contribution in [0.3, 0.4) is 0 Å². The van der Waals surface area contributed by atoms with Crippen molar-refractivity contribution in [3.63, 3.8) is 0 Å². The van der Waals surface area contributed by atoms with E-state index >= 15 is 0 Å². The molecule has 0 aromatic heterocycles. The maximum Gasteiger partial charge on any atom is 0.294 e. The summed E-state index contributed by atoms with van der Waals surface area (Å²) in [4.78, 5) is 25.8. The summed E-state index contributed by atoms with van der Waals surface area (Å²) in [6, 6.07) is 8.66. The highest BCUT2D eigenvalue weighted by Gasteiger charge is 2.34. The summed E-state index contributed by atoms with van der Waals surface area (Å²) in [5.74, 6) is 2.88. The zero-order chi connectivity index (χ0) is 22.5. The molecule has 0 atom stereocenters. The van der Waals surface area contributed by atoms with Gasteiger partial charge in [0.1, 0.15) is 6.61 Å². The second-order valence-corrected chi connectivity index (χ2v) is 8.94. The maximum atomic E-state index is 12.4. The van der Waals surface area contributed by atoms with E-state index in [2.05, 4.69) is 21.9 Å². The number of amides is 2. The van der Waals surface area contributed by atoms with Crippen LogP contribution in [-0.4, -0.2) is 29.2 Å². The number of hydrogen-bond acceptors (Lipinski definition) is 5. The molecule has 0 aliphatic carbocycles. The van der Waals surface area contributed by atoms with Crippen molar-refractivity contribution in [1.82, 2.24) is 4.90 Å². The lowest BCUT2D eigenvalue weighted by Crippen LogP contribution is -2.28. The molecule has 0 bridgehead atoms. The van der Waals surface area contributed by atoms with Gasteiger partial charge in [0.15, 0.2) is 11.5 Å². The minimum atomic E-state index is -0.421. The third kappa shape index (κ3) is 5.58. The highest BCUT2D eigenvalue weighted by Crippen LogP contribution is 2.38. The predicted molar refractivity (Wildman–Crippen MR) is 128 cm³/mol. The summed E-state index contributed by atoms with van der Waals surface area (Å²) < 4.78 is 12.3. The molecule has 1 saturated heterocycles. The van der Waals surface area contributed by atoms with Crippen LogP contribution in [0.4, 0.5) is 4.79 Å². The Labute approximate surface area is 202 Å². The largest absolute Gasteiger partial charge is 0.490 e. The summed E-state index contributed by atoms with van der Waals surface area (Å²) in [6.07, 6.45) is 6.85. The number of thioether (sulfide) groups is 1. The number of nitrogens with zero attached hydrogens (tertiary/aromatic N) is 1. The summed E-state index contributed by atoms with van der Waals surface area (Å²) in [6.45, 7) is 2.42. The lowest BCUT2D eigenvalue weighted by atomic mass is 10.1. The van der Waals surface area contributed by atoms with Crippen molar-refractivity contribution >= 4 is 68.1 Å². The van der Waals surface area contributed by atoms with Crippen molar-refractivity contribution in [1.29, 1.82) is 0 Å². The first-order valence-corrected chi connectivity index (χ1v) is 11.4. The van der Waals surface area contributed by atoms with Crippen LogP contribution in [0, 0.1) is 12.3 Å².